The van der Waals surface area contributed by atoms with Crippen LogP contribution in [0.2, 0.25) is 5.02 Å². The van der Waals surface area contributed by atoms with E-state index in [9.17, 15) is 4.79 Å². The molecule has 0 aliphatic carbocycles. The smallest absolute Gasteiger partial charge is 0.493 e. The number of hydrogen-bond donors (Lipinski definition) is 0. The molecular weight excluding hydrogens is 424 g/mol. The number of halogens is 2. The Morgan fingerprint density at radius 3 is 2.50 bits per heavy atom. The van der Waals surface area contributed by atoms with E-state index in [0.717, 1.165) is 16.5 Å². The second-order valence-corrected chi connectivity index (χ2v) is 6.50. The summed E-state index contributed by atoms with van der Waals surface area (Å²) in [4.78, 5) is 11.5. The van der Waals surface area contributed by atoms with Gasteiger partial charge in [-0.25, -0.2) is 4.79 Å². The maximum atomic E-state index is 11.5. The molecule has 0 amide bonds. The fourth-order valence-corrected chi connectivity index (χ4v) is 3.10. The van der Waals surface area contributed by atoms with Gasteiger partial charge in [-0.2, -0.15) is 0 Å². The molecule has 26 heavy (non-hydrogen) atoms. The molecule has 2 aromatic rings. The zero-order valence-electron chi connectivity index (χ0n) is 14.8. The molecule has 0 aliphatic rings. The number of aryl methyl sites for hydroxylation is 1. The quantitative estimate of drug-likeness (QED) is 0.400. The molecule has 2 aromatic carbocycles. The summed E-state index contributed by atoms with van der Waals surface area (Å²) < 4.78 is 22.1. The van der Waals surface area contributed by atoms with Crippen molar-refractivity contribution in [3.8, 4) is 17.2 Å². The predicted octanol–water partition coefficient (Wildman–Crippen LogP) is 5.79. The van der Waals surface area contributed by atoms with Gasteiger partial charge in [0, 0.05) is 11.1 Å². The van der Waals surface area contributed by atoms with Crippen molar-refractivity contribution >= 4 is 33.7 Å². The third-order valence-electron chi connectivity index (χ3n) is 3.60. The van der Waals surface area contributed by atoms with Gasteiger partial charge in [0.05, 0.1) is 23.8 Å². The molecule has 0 aromatic heterocycles. The van der Waals surface area contributed by atoms with E-state index in [-0.39, 0.29) is 6.61 Å². The molecule has 0 saturated heterocycles. The molecule has 2 rings (SSSR count). The van der Waals surface area contributed by atoms with Gasteiger partial charge in [-0.15, -0.1) is 0 Å². The Labute approximate surface area is 166 Å². The van der Waals surface area contributed by atoms with Crippen LogP contribution in [0.3, 0.4) is 0 Å². The SMILES string of the molecule is CCOc1cccc(OC(=O)OC)c1COc1cc(Cl)c(CC)cc1Br. The first kappa shape index (κ1) is 20.4. The normalized spacial score (nSPS) is 10.3. The summed E-state index contributed by atoms with van der Waals surface area (Å²) in [5.74, 6) is 1.47. The molecule has 0 aliphatic heterocycles. The maximum absolute atomic E-state index is 11.5. The topological polar surface area (TPSA) is 54.0 Å². The van der Waals surface area contributed by atoms with E-state index in [4.69, 9.17) is 25.8 Å². The van der Waals surface area contributed by atoms with Crippen molar-refractivity contribution in [2.75, 3.05) is 13.7 Å². The molecule has 0 spiro atoms. The first-order valence-electron chi connectivity index (χ1n) is 8.11. The summed E-state index contributed by atoms with van der Waals surface area (Å²) in [7, 11) is 1.25. The van der Waals surface area contributed by atoms with Crippen LogP contribution in [0.1, 0.15) is 25.0 Å². The number of methoxy groups -OCH3 is 1. The van der Waals surface area contributed by atoms with Gasteiger partial charge in [0.25, 0.3) is 0 Å². The van der Waals surface area contributed by atoms with Crippen molar-refractivity contribution in [1.29, 1.82) is 0 Å². The van der Waals surface area contributed by atoms with Crippen LogP contribution < -0.4 is 14.2 Å². The number of ether oxygens (including phenoxy) is 4. The molecule has 0 atom stereocenters. The zero-order chi connectivity index (χ0) is 19.1. The number of carbonyl (C=O) groups is 1. The van der Waals surface area contributed by atoms with Crippen LogP contribution in [0.15, 0.2) is 34.8 Å². The molecule has 5 nitrogen and oxygen atoms in total. The monoisotopic (exact) mass is 442 g/mol. The molecule has 0 bridgehead atoms. The third-order valence-corrected chi connectivity index (χ3v) is 4.58. The van der Waals surface area contributed by atoms with E-state index in [0.29, 0.717) is 34.4 Å². The first-order valence-corrected chi connectivity index (χ1v) is 9.28. The van der Waals surface area contributed by atoms with Crippen LogP contribution in [0.25, 0.3) is 0 Å². The van der Waals surface area contributed by atoms with Gasteiger partial charge in [-0.05, 0) is 53.0 Å². The van der Waals surface area contributed by atoms with Gasteiger partial charge < -0.3 is 18.9 Å². The maximum Gasteiger partial charge on any atom is 0.513 e. The van der Waals surface area contributed by atoms with Crippen LogP contribution in [0.5, 0.6) is 17.2 Å². The van der Waals surface area contributed by atoms with Crippen molar-refractivity contribution in [3.05, 3.63) is 51.0 Å². The molecule has 0 saturated carbocycles. The summed E-state index contributed by atoms with van der Waals surface area (Å²) in [6, 6.07) is 8.86. The average Bonchev–Trinajstić information content (AvgIpc) is 2.63. The summed E-state index contributed by atoms with van der Waals surface area (Å²) in [5.41, 5.74) is 1.62. The highest BCUT2D eigenvalue weighted by Gasteiger charge is 2.16. The minimum absolute atomic E-state index is 0.128. The highest BCUT2D eigenvalue weighted by molar-refractivity contribution is 9.10. The largest absolute Gasteiger partial charge is 0.513 e. The van der Waals surface area contributed by atoms with Crippen molar-refractivity contribution in [3.63, 3.8) is 0 Å². The van der Waals surface area contributed by atoms with E-state index in [1.165, 1.54) is 7.11 Å². The summed E-state index contributed by atoms with van der Waals surface area (Å²) >= 11 is 9.77. The number of carbonyl (C=O) groups excluding carboxylic acids is 1. The van der Waals surface area contributed by atoms with Crippen LogP contribution in [-0.4, -0.2) is 19.9 Å². The molecule has 0 unspecified atom stereocenters. The number of hydrogen-bond acceptors (Lipinski definition) is 5. The molecule has 0 radical (unpaired) electrons. The molecule has 7 heteroatoms. The van der Waals surface area contributed by atoms with Crippen molar-refractivity contribution in [2.45, 2.75) is 26.9 Å². The van der Waals surface area contributed by atoms with E-state index in [1.807, 2.05) is 19.9 Å². The summed E-state index contributed by atoms with van der Waals surface area (Å²) in [6.45, 7) is 4.50. The van der Waals surface area contributed by atoms with E-state index in [2.05, 4.69) is 20.7 Å². The van der Waals surface area contributed by atoms with Gasteiger partial charge >= 0.3 is 6.16 Å². The Morgan fingerprint density at radius 1 is 1.12 bits per heavy atom. The minimum atomic E-state index is -0.809. The molecule has 0 N–H and O–H groups in total. The molecular formula is C19H20BrClO5. The second-order valence-electron chi connectivity index (χ2n) is 5.24. The van der Waals surface area contributed by atoms with Crippen LogP contribution in [-0.2, 0) is 17.8 Å². The Hall–Kier alpha value is -1.92. The zero-order valence-corrected chi connectivity index (χ0v) is 17.1. The van der Waals surface area contributed by atoms with Gasteiger partial charge in [0.2, 0.25) is 0 Å². The number of rotatable bonds is 7. The minimum Gasteiger partial charge on any atom is -0.493 e. The van der Waals surface area contributed by atoms with E-state index < -0.39 is 6.16 Å². The lowest BCUT2D eigenvalue weighted by Crippen LogP contribution is -2.11. The number of benzene rings is 2. The Morgan fingerprint density at radius 2 is 1.85 bits per heavy atom. The average molecular weight is 444 g/mol. The van der Waals surface area contributed by atoms with Gasteiger partial charge in [0.1, 0.15) is 23.9 Å². The van der Waals surface area contributed by atoms with Gasteiger partial charge in [-0.1, -0.05) is 24.6 Å². The molecule has 0 fully saturated rings. The van der Waals surface area contributed by atoms with Crippen molar-refractivity contribution in [1.82, 2.24) is 0 Å². The van der Waals surface area contributed by atoms with Crippen LogP contribution in [0, 0.1) is 0 Å². The second kappa shape index (κ2) is 9.69. The van der Waals surface area contributed by atoms with E-state index in [1.54, 1.807) is 24.3 Å². The Balaban J connectivity index is 2.30. The summed E-state index contributed by atoms with van der Waals surface area (Å²) in [6.07, 6.45) is 0.0126. The third kappa shape index (κ3) is 5.05. The first-order chi connectivity index (χ1) is 12.5. The lowest BCUT2D eigenvalue weighted by Gasteiger charge is -2.16. The van der Waals surface area contributed by atoms with Crippen molar-refractivity contribution < 1.29 is 23.7 Å². The van der Waals surface area contributed by atoms with Crippen LogP contribution >= 0.6 is 27.5 Å². The van der Waals surface area contributed by atoms with Gasteiger partial charge in [0.15, 0.2) is 0 Å². The van der Waals surface area contributed by atoms with E-state index >= 15 is 0 Å². The Bertz CT molecular complexity index is 779. The summed E-state index contributed by atoms with van der Waals surface area (Å²) in [5, 5.41) is 0.634. The Kier molecular flexibility index (Phi) is 7.60. The highest BCUT2D eigenvalue weighted by atomic mass is 79.9. The highest BCUT2D eigenvalue weighted by Crippen LogP contribution is 2.35. The lowest BCUT2D eigenvalue weighted by molar-refractivity contribution is 0.120. The molecule has 140 valence electrons. The fourth-order valence-electron chi connectivity index (χ4n) is 2.31. The fraction of sp³-hybridized carbons (Fsp3) is 0.316. The standard InChI is InChI=1S/C19H20BrClO5/c1-4-12-9-14(20)18(10-15(12)21)25-11-13-16(24-5-2)7-6-8-17(13)26-19(22)23-3/h6-10H,4-5,11H2,1-3H3. The van der Waals surface area contributed by atoms with Crippen LogP contribution in [0.4, 0.5) is 4.79 Å². The predicted molar refractivity (Wildman–Crippen MR) is 104 cm³/mol. The lowest BCUT2D eigenvalue weighted by atomic mass is 10.1. The molecule has 0 heterocycles. The van der Waals surface area contributed by atoms with Crippen molar-refractivity contribution in [2.24, 2.45) is 0 Å². The van der Waals surface area contributed by atoms with Gasteiger partial charge in [-0.3, -0.25) is 0 Å².